The molecule has 2 aliphatic heterocycles. The number of fused-ring (bicyclic) bond motifs is 1. The number of hydrogen-bond donors (Lipinski definition) is 1. The lowest BCUT2D eigenvalue weighted by Crippen LogP contribution is -2.17. The van der Waals surface area contributed by atoms with Crippen molar-refractivity contribution in [3.8, 4) is 0 Å². The van der Waals surface area contributed by atoms with Crippen molar-refractivity contribution >= 4 is 0 Å². The molecule has 1 N–H and O–H groups in total. The molecular formula is C11H17N3O. The summed E-state index contributed by atoms with van der Waals surface area (Å²) < 4.78 is 7.66. The van der Waals surface area contributed by atoms with E-state index in [9.17, 15) is 0 Å². The molecule has 2 aliphatic rings. The first-order chi connectivity index (χ1) is 7.33. The minimum absolute atomic E-state index is 0.383. The molecule has 1 saturated heterocycles. The van der Waals surface area contributed by atoms with Gasteiger partial charge in [-0.25, -0.2) is 0 Å². The summed E-state index contributed by atoms with van der Waals surface area (Å²) in [7, 11) is 0. The van der Waals surface area contributed by atoms with Crippen molar-refractivity contribution in [1.29, 1.82) is 0 Å². The summed E-state index contributed by atoms with van der Waals surface area (Å²) >= 11 is 0. The quantitative estimate of drug-likeness (QED) is 0.792. The third-order valence-corrected chi connectivity index (χ3v) is 3.33. The van der Waals surface area contributed by atoms with Crippen molar-refractivity contribution in [3.05, 3.63) is 17.5 Å². The van der Waals surface area contributed by atoms with Crippen molar-refractivity contribution in [2.45, 2.75) is 45.0 Å². The van der Waals surface area contributed by atoms with Crippen LogP contribution in [0, 0.1) is 0 Å². The zero-order chi connectivity index (χ0) is 10.3. The average Bonchev–Trinajstić information content (AvgIpc) is 2.88. The van der Waals surface area contributed by atoms with Crippen LogP contribution in [-0.4, -0.2) is 22.5 Å². The summed E-state index contributed by atoms with van der Waals surface area (Å²) in [6.07, 6.45) is 4.93. The van der Waals surface area contributed by atoms with Gasteiger partial charge in [0.2, 0.25) is 0 Å². The van der Waals surface area contributed by atoms with Gasteiger partial charge in [0.1, 0.15) is 0 Å². The Morgan fingerprint density at radius 2 is 2.60 bits per heavy atom. The standard InChI is InChI=1S/C11H17N3O/c1-8-10-7-14(13-11(10)5-12-8)6-9-3-2-4-15-9/h7-9,12H,2-6H2,1H3. The highest BCUT2D eigenvalue weighted by molar-refractivity contribution is 5.25. The Hall–Kier alpha value is -0.870. The molecule has 82 valence electrons. The molecule has 4 heteroatoms. The molecule has 0 spiro atoms. The molecule has 3 heterocycles. The maximum atomic E-state index is 5.61. The van der Waals surface area contributed by atoms with E-state index in [1.54, 1.807) is 0 Å². The molecule has 0 amide bonds. The van der Waals surface area contributed by atoms with E-state index in [1.165, 1.54) is 24.1 Å². The molecular weight excluding hydrogens is 190 g/mol. The lowest BCUT2D eigenvalue weighted by molar-refractivity contribution is 0.0938. The molecule has 2 unspecified atom stereocenters. The number of hydrogen-bond acceptors (Lipinski definition) is 3. The van der Waals surface area contributed by atoms with Crippen LogP contribution in [0.15, 0.2) is 6.20 Å². The van der Waals surface area contributed by atoms with Crippen LogP contribution in [0.2, 0.25) is 0 Å². The van der Waals surface area contributed by atoms with E-state index in [4.69, 9.17) is 4.74 Å². The van der Waals surface area contributed by atoms with Crippen molar-refractivity contribution < 1.29 is 4.74 Å². The van der Waals surface area contributed by atoms with Gasteiger partial charge in [-0.2, -0.15) is 5.10 Å². The predicted octanol–water partition coefficient (Wildman–Crippen LogP) is 1.23. The van der Waals surface area contributed by atoms with Gasteiger partial charge in [0.15, 0.2) is 0 Å². The fourth-order valence-corrected chi connectivity index (χ4v) is 2.43. The monoisotopic (exact) mass is 207 g/mol. The maximum Gasteiger partial charge on any atom is 0.0810 e. The van der Waals surface area contributed by atoms with Crippen LogP contribution in [0.1, 0.15) is 37.1 Å². The molecule has 0 radical (unpaired) electrons. The highest BCUT2D eigenvalue weighted by Gasteiger charge is 2.23. The zero-order valence-electron chi connectivity index (χ0n) is 9.07. The summed E-state index contributed by atoms with van der Waals surface area (Å²) in [5.74, 6) is 0. The first-order valence-corrected chi connectivity index (χ1v) is 5.74. The molecule has 0 aromatic carbocycles. The first kappa shape index (κ1) is 9.36. The van der Waals surface area contributed by atoms with Crippen LogP contribution in [0.3, 0.4) is 0 Å². The van der Waals surface area contributed by atoms with Gasteiger partial charge in [0.05, 0.1) is 18.3 Å². The van der Waals surface area contributed by atoms with Crippen LogP contribution < -0.4 is 5.32 Å². The summed E-state index contributed by atoms with van der Waals surface area (Å²) in [6, 6.07) is 0.457. The van der Waals surface area contributed by atoms with Crippen LogP contribution in [0.4, 0.5) is 0 Å². The molecule has 1 aromatic heterocycles. The smallest absolute Gasteiger partial charge is 0.0810 e. The lowest BCUT2D eigenvalue weighted by Gasteiger charge is -2.09. The van der Waals surface area contributed by atoms with Gasteiger partial charge < -0.3 is 10.1 Å². The van der Waals surface area contributed by atoms with E-state index in [0.717, 1.165) is 19.7 Å². The Kier molecular flexibility index (Phi) is 2.25. The fraction of sp³-hybridized carbons (Fsp3) is 0.727. The van der Waals surface area contributed by atoms with E-state index in [0.29, 0.717) is 12.1 Å². The average molecular weight is 207 g/mol. The predicted molar refractivity (Wildman–Crippen MR) is 56.5 cm³/mol. The van der Waals surface area contributed by atoms with Gasteiger partial charge in [0, 0.05) is 31.0 Å². The Labute approximate surface area is 89.6 Å². The second kappa shape index (κ2) is 3.61. The molecule has 0 aliphatic carbocycles. The van der Waals surface area contributed by atoms with Crippen molar-refractivity contribution in [2.24, 2.45) is 0 Å². The molecule has 0 bridgehead atoms. The number of rotatable bonds is 2. The molecule has 0 saturated carbocycles. The second-order valence-corrected chi connectivity index (χ2v) is 4.49. The van der Waals surface area contributed by atoms with Crippen LogP contribution >= 0.6 is 0 Å². The Bertz CT molecular complexity index is 355. The summed E-state index contributed by atoms with van der Waals surface area (Å²) in [6.45, 7) is 4.93. The largest absolute Gasteiger partial charge is 0.376 e. The van der Waals surface area contributed by atoms with Crippen LogP contribution in [0.5, 0.6) is 0 Å². The number of nitrogens with one attached hydrogen (secondary N) is 1. The van der Waals surface area contributed by atoms with Crippen molar-refractivity contribution in [2.75, 3.05) is 6.61 Å². The maximum absolute atomic E-state index is 5.61. The molecule has 1 fully saturated rings. The van der Waals surface area contributed by atoms with E-state index in [1.807, 2.05) is 0 Å². The van der Waals surface area contributed by atoms with Crippen LogP contribution in [-0.2, 0) is 17.8 Å². The normalized spacial score (nSPS) is 29.7. The summed E-state index contributed by atoms with van der Waals surface area (Å²) in [5, 5.41) is 7.96. The first-order valence-electron chi connectivity index (χ1n) is 5.74. The summed E-state index contributed by atoms with van der Waals surface area (Å²) in [4.78, 5) is 0. The van der Waals surface area contributed by atoms with Gasteiger partial charge in [0.25, 0.3) is 0 Å². The number of nitrogens with zero attached hydrogens (tertiary/aromatic N) is 2. The van der Waals surface area contributed by atoms with Gasteiger partial charge in [-0.15, -0.1) is 0 Å². The van der Waals surface area contributed by atoms with Crippen LogP contribution in [0.25, 0.3) is 0 Å². The highest BCUT2D eigenvalue weighted by atomic mass is 16.5. The third kappa shape index (κ3) is 1.68. The minimum atomic E-state index is 0.383. The SMILES string of the molecule is CC1NCc2nn(CC3CCCO3)cc21. The Morgan fingerprint density at radius 3 is 3.33 bits per heavy atom. The van der Waals surface area contributed by atoms with Gasteiger partial charge in [-0.05, 0) is 19.8 Å². The third-order valence-electron chi connectivity index (χ3n) is 3.33. The summed E-state index contributed by atoms with van der Waals surface area (Å²) in [5.41, 5.74) is 2.56. The lowest BCUT2D eigenvalue weighted by atomic mass is 10.2. The molecule has 4 nitrogen and oxygen atoms in total. The molecule has 1 aromatic rings. The zero-order valence-corrected chi connectivity index (χ0v) is 9.07. The molecule has 2 atom stereocenters. The number of ether oxygens (including phenoxy) is 1. The topological polar surface area (TPSA) is 39.1 Å². The van der Waals surface area contributed by atoms with E-state index >= 15 is 0 Å². The number of aromatic nitrogens is 2. The van der Waals surface area contributed by atoms with E-state index in [-0.39, 0.29) is 0 Å². The molecule has 15 heavy (non-hydrogen) atoms. The minimum Gasteiger partial charge on any atom is -0.376 e. The van der Waals surface area contributed by atoms with Gasteiger partial charge in [-0.3, -0.25) is 4.68 Å². The second-order valence-electron chi connectivity index (χ2n) is 4.49. The van der Waals surface area contributed by atoms with Crippen molar-refractivity contribution in [3.63, 3.8) is 0 Å². The highest BCUT2D eigenvalue weighted by Crippen LogP contribution is 2.24. The van der Waals surface area contributed by atoms with Gasteiger partial charge in [-0.1, -0.05) is 0 Å². The van der Waals surface area contributed by atoms with E-state index < -0.39 is 0 Å². The van der Waals surface area contributed by atoms with E-state index in [2.05, 4.69) is 28.2 Å². The molecule has 3 rings (SSSR count). The Balaban J connectivity index is 1.73. The fourth-order valence-electron chi connectivity index (χ4n) is 2.43. The van der Waals surface area contributed by atoms with Crippen molar-refractivity contribution in [1.82, 2.24) is 15.1 Å². The Morgan fingerprint density at radius 1 is 1.67 bits per heavy atom. The van der Waals surface area contributed by atoms with Gasteiger partial charge >= 0.3 is 0 Å².